The minimum atomic E-state index is -1.05. The second-order valence-electron chi connectivity index (χ2n) is 8.16. The lowest BCUT2D eigenvalue weighted by Gasteiger charge is -2.45. The molecular weight excluding hydrogens is 408 g/mol. The molecule has 3 aliphatic heterocycles. The Bertz CT molecular complexity index is 930. The number of hydrogen-bond acceptors (Lipinski definition) is 7. The monoisotopic (exact) mass is 432 g/mol. The lowest BCUT2D eigenvalue weighted by molar-refractivity contribution is -0.916. The van der Waals surface area contributed by atoms with Gasteiger partial charge in [0, 0.05) is 42.7 Å². The number of imide groups is 1. The molecule has 0 saturated carbocycles. The first-order chi connectivity index (χ1) is 14.7. The van der Waals surface area contributed by atoms with Crippen LogP contribution in [0.5, 0.6) is 0 Å². The Hall–Kier alpha value is -3.02. The lowest BCUT2D eigenvalue weighted by atomic mass is 10.0. The Morgan fingerprint density at radius 1 is 1.29 bits per heavy atom. The van der Waals surface area contributed by atoms with Gasteiger partial charge in [-0.25, -0.2) is 4.79 Å². The molecule has 31 heavy (non-hydrogen) atoms. The topological polar surface area (TPSA) is 148 Å². The predicted molar refractivity (Wildman–Crippen MR) is 106 cm³/mol. The smallest absolute Gasteiger partial charge is 0.329 e. The zero-order valence-electron chi connectivity index (χ0n) is 16.8. The molecule has 3 amide bonds. The minimum absolute atomic E-state index is 0.0272. The van der Waals surface area contributed by atoms with E-state index in [2.05, 4.69) is 10.6 Å². The average molecular weight is 432 g/mol. The molecule has 0 bridgehead atoms. The summed E-state index contributed by atoms with van der Waals surface area (Å²) in [6.07, 6.45) is 0.110. The number of hydrogen-bond donors (Lipinski definition) is 3. The molecule has 3 heterocycles. The molecule has 0 radical (unpaired) electrons. The molecule has 166 valence electrons. The van der Waals surface area contributed by atoms with Gasteiger partial charge in [0.25, 0.3) is 5.91 Å². The molecule has 4 rings (SSSR count). The number of rotatable bonds is 7. The fourth-order valence-corrected chi connectivity index (χ4v) is 4.32. The van der Waals surface area contributed by atoms with Crippen LogP contribution in [0.2, 0.25) is 0 Å². The molecule has 3 aliphatic rings. The van der Waals surface area contributed by atoms with Gasteiger partial charge in [0.05, 0.1) is 12.6 Å². The number of hydroxylamine groups is 3. The van der Waals surface area contributed by atoms with E-state index >= 15 is 0 Å². The highest BCUT2D eigenvalue weighted by Gasteiger charge is 2.43. The minimum Gasteiger partial charge on any atom is -0.632 e. The fraction of sp³-hybridized carbons (Fsp3) is 0.500. The van der Waals surface area contributed by atoms with E-state index < -0.39 is 22.6 Å². The highest BCUT2D eigenvalue weighted by molar-refractivity contribution is 5.99. The standard InChI is InChI=1S/C20H24N4O7/c25-17-5-4-16(20(29)22-17)24(30)9-12-2-1-3-15(14(12)10-24)21-6-18(26)23-7-13(8-23)31-11-19(27)28/h1-3,13,16,21H,4-11H2,(H,27,28)(H,22,25,29). The van der Waals surface area contributed by atoms with E-state index in [1.165, 1.54) is 0 Å². The van der Waals surface area contributed by atoms with Crippen LogP contribution >= 0.6 is 0 Å². The Kier molecular flexibility index (Phi) is 5.65. The summed E-state index contributed by atoms with van der Waals surface area (Å²) in [7, 11) is 0. The molecule has 1 aromatic carbocycles. The van der Waals surface area contributed by atoms with Crippen molar-refractivity contribution < 1.29 is 33.7 Å². The molecule has 2 unspecified atom stereocenters. The van der Waals surface area contributed by atoms with Gasteiger partial charge in [-0.1, -0.05) is 12.1 Å². The first-order valence-electron chi connectivity index (χ1n) is 10.1. The second-order valence-corrected chi connectivity index (χ2v) is 8.16. The van der Waals surface area contributed by atoms with Crippen molar-refractivity contribution >= 4 is 29.4 Å². The number of carbonyl (C=O) groups excluding carboxylic acids is 3. The quantitative estimate of drug-likeness (QED) is 0.298. The number of piperidine rings is 1. The van der Waals surface area contributed by atoms with Gasteiger partial charge < -0.3 is 29.9 Å². The third-order valence-electron chi connectivity index (χ3n) is 5.99. The molecule has 2 saturated heterocycles. The Labute approximate surface area is 178 Å². The second kappa shape index (κ2) is 8.25. The molecule has 3 N–H and O–H groups in total. The Morgan fingerprint density at radius 2 is 2.06 bits per heavy atom. The largest absolute Gasteiger partial charge is 0.632 e. The van der Waals surface area contributed by atoms with Crippen LogP contribution in [0.4, 0.5) is 5.69 Å². The zero-order chi connectivity index (χ0) is 22.2. The average Bonchev–Trinajstić information content (AvgIpc) is 3.02. The summed E-state index contributed by atoms with van der Waals surface area (Å²) in [6.45, 7) is 0.559. The van der Waals surface area contributed by atoms with Crippen LogP contribution in [0.25, 0.3) is 0 Å². The molecule has 0 spiro atoms. The van der Waals surface area contributed by atoms with Gasteiger partial charge in [0.1, 0.15) is 19.7 Å². The number of quaternary nitrogens is 1. The maximum absolute atomic E-state index is 13.4. The number of anilines is 1. The van der Waals surface area contributed by atoms with E-state index in [4.69, 9.17) is 9.84 Å². The summed E-state index contributed by atoms with van der Waals surface area (Å²) in [4.78, 5) is 48.1. The Balaban J connectivity index is 1.34. The van der Waals surface area contributed by atoms with Gasteiger partial charge in [0.2, 0.25) is 11.8 Å². The van der Waals surface area contributed by atoms with E-state index in [0.29, 0.717) is 18.8 Å². The van der Waals surface area contributed by atoms with Crippen LogP contribution in [0.3, 0.4) is 0 Å². The molecule has 11 heteroatoms. The summed E-state index contributed by atoms with van der Waals surface area (Å²) in [5.41, 5.74) is 2.28. The van der Waals surface area contributed by atoms with Crippen molar-refractivity contribution in [1.29, 1.82) is 0 Å². The fourth-order valence-electron chi connectivity index (χ4n) is 4.32. The third kappa shape index (κ3) is 4.38. The van der Waals surface area contributed by atoms with Crippen LogP contribution < -0.4 is 10.6 Å². The number of carboxylic acids is 1. The first kappa shape index (κ1) is 21.2. The molecule has 11 nitrogen and oxygen atoms in total. The van der Waals surface area contributed by atoms with Gasteiger partial charge in [-0.15, -0.1) is 0 Å². The summed E-state index contributed by atoms with van der Waals surface area (Å²) in [5.74, 6) is -2.08. The van der Waals surface area contributed by atoms with Crippen LogP contribution in [-0.4, -0.2) is 76.7 Å². The molecule has 0 aromatic heterocycles. The van der Waals surface area contributed by atoms with Gasteiger partial charge in [-0.05, 0) is 6.07 Å². The number of fused-ring (bicyclic) bond motifs is 1. The molecule has 1 aromatic rings. The van der Waals surface area contributed by atoms with Crippen molar-refractivity contribution in [2.24, 2.45) is 0 Å². The third-order valence-corrected chi connectivity index (χ3v) is 5.99. The van der Waals surface area contributed by atoms with Gasteiger partial charge in [-0.3, -0.25) is 19.7 Å². The number of aliphatic carboxylic acids is 1. The van der Waals surface area contributed by atoms with Crippen molar-refractivity contribution in [3.05, 3.63) is 34.5 Å². The normalized spacial score (nSPS) is 25.6. The van der Waals surface area contributed by atoms with Crippen molar-refractivity contribution in [2.45, 2.75) is 38.1 Å². The summed E-state index contributed by atoms with van der Waals surface area (Å²) in [5, 5.41) is 27.4. The van der Waals surface area contributed by atoms with Crippen molar-refractivity contribution in [3.8, 4) is 0 Å². The number of amides is 3. The van der Waals surface area contributed by atoms with Crippen molar-refractivity contribution in [3.63, 3.8) is 0 Å². The number of carboxylic acid groups (broad SMARTS) is 1. The van der Waals surface area contributed by atoms with Crippen LogP contribution in [0.15, 0.2) is 18.2 Å². The predicted octanol–water partition coefficient (Wildman–Crippen LogP) is -0.456. The van der Waals surface area contributed by atoms with Crippen LogP contribution in [-0.2, 0) is 37.0 Å². The van der Waals surface area contributed by atoms with E-state index in [9.17, 15) is 24.4 Å². The first-order valence-corrected chi connectivity index (χ1v) is 10.1. The number of nitrogens with zero attached hydrogens (tertiary/aromatic N) is 2. The maximum atomic E-state index is 13.4. The van der Waals surface area contributed by atoms with Crippen molar-refractivity contribution in [2.75, 3.05) is 31.6 Å². The molecule has 2 atom stereocenters. The molecular formula is C20H24N4O7. The van der Waals surface area contributed by atoms with E-state index in [-0.39, 0.29) is 57.0 Å². The van der Waals surface area contributed by atoms with Crippen LogP contribution in [0.1, 0.15) is 24.0 Å². The number of benzene rings is 1. The Morgan fingerprint density at radius 3 is 2.77 bits per heavy atom. The van der Waals surface area contributed by atoms with E-state index in [1.807, 2.05) is 6.07 Å². The number of carbonyl (C=O) groups is 4. The SMILES string of the molecule is O=C(O)COC1CN(C(=O)CNc2cccc3c2C[N+]([O-])(C2CCC(=O)NC2=O)C3)C1. The lowest BCUT2D eigenvalue weighted by Crippen LogP contribution is -2.58. The van der Waals surface area contributed by atoms with Gasteiger partial charge in [-0.2, -0.15) is 0 Å². The summed E-state index contributed by atoms with van der Waals surface area (Å²) < 4.78 is 4.39. The summed E-state index contributed by atoms with van der Waals surface area (Å²) >= 11 is 0. The maximum Gasteiger partial charge on any atom is 0.329 e. The molecule has 2 fully saturated rings. The van der Waals surface area contributed by atoms with Gasteiger partial charge >= 0.3 is 5.97 Å². The highest BCUT2D eigenvalue weighted by Crippen LogP contribution is 2.37. The van der Waals surface area contributed by atoms with Gasteiger partial charge in [0.15, 0.2) is 6.04 Å². The number of nitrogens with one attached hydrogen (secondary N) is 2. The van der Waals surface area contributed by atoms with E-state index in [1.54, 1.807) is 17.0 Å². The summed E-state index contributed by atoms with van der Waals surface area (Å²) in [6, 6.07) is 4.60. The number of likely N-dealkylation sites (tertiary alicyclic amines) is 1. The van der Waals surface area contributed by atoms with E-state index in [0.717, 1.165) is 11.1 Å². The van der Waals surface area contributed by atoms with Crippen LogP contribution in [0, 0.1) is 5.21 Å². The number of ether oxygens (including phenoxy) is 1. The molecule has 0 aliphatic carbocycles. The van der Waals surface area contributed by atoms with Crippen molar-refractivity contribution in [1.82, 2.24) is 10.2 Å². The highest BCUT2D eigenvalue weighted by atomic mass is 16.6. The zero-order valence-corrected chi connectivity index (χ0v) is 16.8.